The maximum Gasteiger partial charge on any atom is 0.251 e. The second-order valence-corrected chi connectivity index (χ2v) is 5.31. The van der Waals surface area contributed by atoms with Gasteiger partial charge >= 0.3 is 0 Å². The zero-order valence-corrected chi connectivity index (χ0v) is 9.45. The van der Waals surface area contributed by atoms with E-state index in [1.165, 1.54) is 5.56 Å². The molecule has 5 heteroatoms. The molecule has 1 heterocycles. The quantitative estimate of drug-likeness (QED) is 0.775. The van der Waals surface area contributed by atoms with Crippen molar-refractivity contribution in [2.75, 3.05) is 6.26 Å². The summed E-state index contributed by atoms with van der Waals surface area (Å²) in [7, 11) is -3.30. The molecule has 0 aliphatic heterocycles. The molecule has 0 saturated heterocycles. The maximum absolute atomic E-state index is 11.4. The van der Waals surface area contributed by atoms with Crippen LogP contribution in [0.25, 0.3) is 10.9 Å². The predicted molar refractivity (Wildman–Crippen MR) is 59.4 cm³/mol. The van der Waals surface area contributed by atoms with Gasteiger partial charge in [0.05, 0.1) is 18.0 Å². The number of nitrogens with zero attached hydrogens (tertiary/aromatic N) is 2. The van der Waals surface area contributed by atoms with Gasteiger partial charge in [0, 0.05) is 5.39 Å². The molecular weight excluding hydrogens is 212 g/mol. The molecule has 0 fully saturated rings. The third-order valence-electron chi connectivity index (χ3n) is 2.32. The van der Waals surface area contributed by atoms with Gasteiger partial charge in [0.15, 0.2) is 0 Å². The molecule has 0 radical (unpaired) electrons. The molecule has 1 aromatic heterocycles. The van der Waals surface area contributed by atoms with Crippen molar-refractivity contribution in [2.45, 2.75) is 13.3 Å². The van der Waals surface area contributed by atoms with E-state index in [1.54, 1.807) is 12.3 Å². The summed E-state index contributed by atoms with van der Waals surface area (Å²) in [5.41, 5.74) is 1.81. The Hall–Kier alpha value is -1.36. The first-order chi connectivity index (χ1) is 7.02. The van der Waals surface area contributed by atoms with Crippen LogP contribution in [0.2, 0.25) is 0 Å². The lowest BCUT2D eigenvalue weighted by molar-refractivity contribution is 0.588. The number of hydrogen-bond acceptors (Lipinski definition) is 3. The van der Waals surface area contributed by atoms with Crippen molar-refractivity contribution in [3.8, 4) is 0 Å². The van der Waals surface area contributed by atoms with E-state index in [0.717, 1.165) is 22.1 Å². The molecule has 0 atom stereocenters. The molecule has 4 nitrogen and oxygen atoms in total. The van der Waals surface area contributed by atoms with Gasteiger partial charge in [-0.05, 0) is 24.1 Å². The molecule has 1 aromatic carbocycles. The van der Waals surface area contributed by atoms with Gasteiger partial charge in [-0.3, -0.25) is 0 Å². The van der Waals surface area contributed by atoms with Crippen molar-refractivity contribution in [1.82, 2.24) is 9.19 Å². The van der Waals surface area contributed by atoms with Crippen molar-refractivity contribution in [3.05, 3.63) is 30.0 Å². The minimum Gasteiger partial charge on any atom is -0.205 e. The standard InChI is InChI=1S/C10H12N2O2S/c1-3-8-4-5-10-9(6-8)7-11-12(10)15(2,13)14/h4-7H,3H2,1-2H3. The highest BCUT2D eigenvalue weighted by molar-refractivity contribution is 7.89. The Morgan fingerprint density at radius 1 is 1.40 bits per heavy atom. The molecule has 15 heavy (non-hydrogen) atoms. The van der Waals surface area contributed by atoms with Crippen LogP contribution < -0.4 is 0 Å². The van der Waals surface area contributed by atoms with E-state index in [-0.39, 0.29) is 0 Å². The van der Waals surface area contributed by atoms with Crippen LogP contribution in [0.4, 0.5) is 0 Å². The smallest absolute Gasteiger partial charge is 0.205 e. The van der Waals surface area contributed by atoms with Gasteiger partial charge in [-0.1, -0.05) is 13.0 Å². The van der Waals surface area contributed by atoms with E-state index < -0.39 is 10.0 Å². The third kappa shape index (κ3) is 1.74. The zero-order chi connectivity index (χ0) is 11.1. The number of aryl methyl sites for hydroxylation is 1. The van der Waals surface area contributed by atoms with Crippen molar-refractivity contribution < 1.29 is 8.42 Å². The highest BCUT2D eigenvalue weighted by Crippen LogP contribution is 2.17. The fourth-order valence-corrected chi connectivity index (χ4v) is 2.28. The van der Waals surface area contributed by atoms with Gasteiger partial charge in [-0.25, -0.2) is 8.42 Å². The fourth-order valence-electron chi connectivity index (χ4n) is 1.54. The first kappa shape index (κ1) is 10.2. The van der Waals surface area contributed by atoms with Crippen LogP contribution in [0, 0.1) is 0 Å². The van der Waals surface area contributed by atoms with Gasteiger partial charge in [-0.2, -0.15) is 9.19 Å². The maximum atomic E-state index is 11.4. The Bertz CT molecular complexity index is 599. The van der Waals surface area contributed by atoms with Crippen LogP contribution in [0.1, 0.15) is 12.5 Å². The van der Waals surface area contributed by atoms with E-state index in [0.29, 0.717) is 5.52 Å². The number of aromatic nitrogens is 2. The Morgan fingerprint density at radius 3 is 2.73 bits per heavy atom. The molecule has 0 bridgehead atoms. The lowest BCUT2D eigenvalue weighted by Crippen LogP contribution is -2.11. The number of hydrogen-bond donors (Lipinski definition) is 0. The molecule has 0 unspecified atom stereocenters. The molecule has 0 spiro atoms. The monoisotopic (exact) mass is 224 g/mol. The van der Waals surface area contributed by atoms with Gasteiger partial charge in [0.25, 0.3) is 10.0 Å². The average molecular weight is 224 g/mol. The molecule has 0 saturated carbocycles. The average Bonchev–Trinajstić information content (AvgIpc) is 2.59. The van der Waals surface area contributed by atoms with Crippen molar-refractivity contribution in [3.63, 3.8) is 0 Å². The van der Waals surface area contributed by atoms with E-state index in [2.05, 4.69) is 12.0 Å². The number of benzene rings is 1. The minimum atomic E-state index is -3.30. The van der Waals surface area contributed by atoms with E-state index in [9.17, 15) is 8.42 Å². The van der Waals surface area contributed by atoms with Gasteiger partial charge < -0.3 is 0 Å². The molecule has 0 aliphatic carbocycles. The molecule has 80 valence electrons. The molecule has 2 aromatic rings. The molecule has 2 rings (SSSR count). The Kier molecular flexibility index (Phi) is 2.26. The van der Waals surface area contributed by atoms with Crippen LogP contribution in [0.15, 0.2) is 24.4 Å². The Balaban J connectivity index is 2.73. The lowest BCUT2D eigenvalue weighted by atomic mass is 10.1. The first-order valence-electron chi connectivity index (χ1n) is 4.69. The highest BCUT2D eigenvalue weighted by atomic mass is 32.2. The highest BCUT2D eigenvalue weighted by Gasteiger charge is 2.10. The van der Waals surface area contributed by atoms with E-state index in [4.69, 9.17) is 0 Å². The summed E-state index contributed by atoms with van der Waals surface area (Å²) < 4.78 is 23.8. The summed E-state index contributed by atoms with van der Waals surface area (Å²) in [6.45, 7) is 2.06. The number of rotatable bonds is 2. The Labute approximate surface area is 88.6 Å². The van der Waals surface area contributed by atoms with E-state index in [1.807, 2.05) is 12.1 Å². The third-order valence-corrected chi connectivity index (χ3v) is 3.24. The lowest BCUT2D eigenvalue weighted by Gasteiger charge is -2.00. The van der Waals surface area contributed by atoms with Crippen molar-refractivity contribution in [1.29, 1.82) is 0 Å². The number of fused-ring (bicyclic) bond motifs is 1. The topological polar surface area (TPSA) is 52.0 Å². The van der Waals surface area contributed by atoms with E-state index >= 15 is 0 Å². The zero-order valence-electron chi connectivity index (χ0n) is 8.64. The summed E-state index contributed by atoms with van der Waals surface area (Å²) in [6.07, 6.45) is 3.66. The summed E-state index contributed by atoms with van der Waals surface area (Å²) in [5, 5.41) is 4.73. The normalized spacial score (nSPS) is 12.1. The minimum absolute atomic E-state index is 0.634. The molecular formula is C10H12N2O2S. The fraction of sp³-hybridized carbons (Fsp3) is 0.300. The van der Waals surface area contributed by atoms with Gasteiger partial charge in [-0.15, -0.1) is 0 Å². The largest absolute Gasteiger partial charge is 0.251 e. The second kappa shape index (κ2) is 3.34. The predicted octanol–water partition coefficient (Wildman–Crippen LogP) is 1.41. The summed E-state index contributed by atoms with van der Waals surface area (Å²) in [5.74, 6) is 0. The van der Waals surface area contributed by atoms with Crippen LogP contribution in [0.3, 0.4) is 0 Å². The van der Waals surface area contributed by atoms with Crippen LogP contribution in [-0.2, 0) is 16.4 Å². The van der Waals surface area contributed by atoms with Crippen molar-refractivity contribution in [2.24, 2.45) is 0 Å². The van der Waals surface area contributed by atoms with Crippen LogP contribution in [0.5, 0.6) is 0 Å². The molecule has 0 aliphatic rings. The summed E-state index contributed by atoms with van der Waals surface area (Å²) in [4.78, 5) is 0. The van der Waals surface area contributed by atoms with Gasteiger partial charge in [0.2, 0.25) is 0 Å². The molecule has 0 amide bonds. The summed E-state index contributed by atoms with van der Waals surface area (Å²) in [6, 6.07) is 5.68. The van der Waals surface area contributed by atoms with Gasteiger partial charge in [0.1, 0.15) is 0 Å². The first-order valence-corrected chi connectivity index (χ1v) is 6.54. The van der Waals surface area contributed by atoms with Crippen LogP contribution >= 0.6 is 0 Å². The molecule has 0 N–H and O–H groups in total. The Morgan fingerprint density at radius 2 is 2.13 bits per heavy atom. The second-order valence-electron chi connectivity index (χ2n) is 3.50. The van der Waals surface area contributed by atoms with Crippen LogP contribution in [-0.4, -0.2) is 23.9 Å². The summed E-state index contributed by atoms with van der Waals surface area (Å²) >= 11 is 0. The SMILES string of the molecule is CCc1ccc2c(cnn2S(C)(=O)=O)c1. The van der Waals surface area contributed by atoms with Crippen molar-refractivity contribution >= 4 is 20.9 Å².